The standard InChI is InChI=1S/C11H11Cl2F2NO2/c1-2-18-10(17)11(14,15)9(16)7-5-6(12)3-4-8(7)13/h3-5,9H,2,16H2,1H3/t9-/m0/s1. The molecule has 0 aliphatic heterocycles. The van der Waals surface area contributed by atoms with Crippen LogP contribution >= 0.6 is 23.2 Å². The van der Waals surface area contributed by atoms with Gasteiger partial charge in [0.25, 0.3) is 0 Å². The molecule has 0 aromatic heterocycles. The van der Waals surface area contributed by atoms with E-state index in [9.17, 15) is 13.6 Å². The first-order valence-corrected chi connectivity index (χ1v) is 5.81. The molecule has 0 bridgehead atoms. The third kappa shape index (κ3) is 3.10. The summed E-state index contributed by atoms with van der Waals surface area (Å²) in [6.45, 7) is 1.26. The van der Waals surface area contributed by atoms with E-state index in [1.54, 1.807) is 0 Å². The van der Waals surface area contributed by atoms with Crippen molar-refractivity contribution in [1.82, 2.24) is 0 Å². The number of hydrogen-bond acceptors (Lipinski definition) is 3. The lowest BCUT2D eigenvalue weighted by atomic mass is 10.0. The van der Waals surface area contributed by atoms with Gasteiger partial charge in [0.05, 0.1) is 6.61 Å². The fraction of sp³-hybridized carbons (Fsp3) is 0.364. The van der Waals surface area contributed by atoms with Gasteiger partial charge in [0, 0.05) is 10.0 Å². The first-order chi connectivity index (χ1) is 8.30. The van der Waals surface area contributed by atoms with Crippen LogP contribution in [0.15, 0.2) is 18.2 Å². The second kappa shape index (κ2) is 5.82. The molecular formula is C11H11Cl2F2NO2. The number of esters is 1. The van der Waals surface area contributed by atoms with E-state index in [-0.39, 0.29) is 22.2 Å². The predicted molar refractivity (Wildman–Crippen MR) is 65.0 cm³/mol. The minimum Gasteiger partial charge on any atom is -0.462 e. The summed E-state index contributed by atoms with van der Waals surface area (Å²) in [4.78, 5) is 11.1. The van der Waals surface area contributed by atoms with E-state index < -0.39 is 17.9 Å². The van der Waals surface area contributed by atoms with E-state index in [0.29, 0.717) is 0 Å². The van der Waals surface area contributed by atoms with Crippen LogP contribution in [0.5, 0.6) is 0 Å². The number of alkyl halides is 2. The highest BCUT2D eigenvalue weighted by Gasteiger charge is 2.48. The largest absolute Gasteiger partial charge is 0.462 e. The SMILES string of the molecule is CCOC(=O)C(F)(F)[C@@H](N)c1cc(Cl)ccc1Cl. The number of nitrogens with two attached hydrogens (primary N) is 1. The van der Waals surface area contributed by atoms with Gasteiger partial charge in [-0.3, -0.25) is 0 Å². The Kier molecular flexibility index (Phi) is 4.90. The normalized spacial score (nSPS) is 13.2. The number of benzene rings is 1. The molecule has 1 aromatic rings. The van der Waals surface area contributed by atoms with E-state index in [1.165, 1.54) is 25.1 Å². The summed E-state index contributed by atoms with van der Waals surface area (Å²) in [7, 11) is 0. The van der Waals surface area contributed by atoms with E-state index in [2.05, 4.69) is 4.74 Å². The van der Waals surface area contributed by atoms with Gasteiger partial charge in [-0.05, 0) is 30.7 Å². The quantitative estimate of drug-likeness (QED) is 0.868. The third-order valence-corrected chi connectivity index (χ3v) is 2.81. The Morgan fingerprint density at radius 3 is 2.67 bits per heavy atom. The summed E-state index contributed by atoms with van der Waals surface area (Å²) in [5, 5.41) is 0.209. The van der Waals surface area contributed by atoms with Gasteiger partial charge in [-0.15, -0.1) is 0 Å². The van der Waals surface area contributed by atoms with Crippen LogP contribution in [-0.4, -0.2) is 18.5 Å². The number of ether oxygens (including phenoxy) is 1. The smallest absolute Gasteiger partial charge is 0.379 e. The Morgan fingerprint density at radius 1 is 1.50 bits per heavy atom. The van der Waals surface area contributed by atoms with E-state index >= 15 is 0 Å². The average molecular weight is 298 g/mol. The van der Waals surface area contributed by atoms with Crippen molar-refractivity contribution in [2.24, 2.45) is 5.73 Å². The van der Waals surface area contributed by atoms with Crippen LogP contribution in [0.2, 0.25) is 10.0 Å². The zero-order valence-corrected chi connectivity index (χ0v) is 10.9. The van der Waals surface area contributed by atoms with Crippen molar-refractivity contribution in [1.29, 1.82) is 0 Å². The van der Waals surface area contributed by atoms with Gasteiger partial charge in [-0.1, -0.05) is 23.2 Å². The Bertz CT molecular complexity index is 455. The lowest BCUT2D eigenvalue weighted by molar-refractivity contribution is -0.174. The van der Waals surface area contributed by atoms with Crippen molar-refractivity contribution in [2.75, 3.05) is 6.61 Å². The number of hydrogen-bond donors (Lipinski definition) is 1. The molecule has 0 aliphatic carbocycles. The zero-order chi connectivity index (χ0) is 13.9. The van der Waals surface area contributed by atoms with Crippen molar-refractivity contribution in [3.05, 3.63) is 33.8 Å². The van der Waals surface area contributed by atoms with Gasteiger partial charge in [0.15, 0.2) is 0 Å². The monoisotopic (exact) mass is 297 g/mol. The number of carbonyl (C=O) groups is 1. The molecular weight excluding hydrogens is 287 g/mol. The molecule has 3 nitrogen and oxygen atoms in total. The van der Waals surface area contributed by atoms with Gasteiger partial charge in [-0.25, -0.2) is 4.79 Å². The van der Waals surface area contributed by atoms with Crippen molar-refractivity contribution in [2.45, 2.75) is 18.9 Å². The van der Waals surface area contributed by atoms with E-state index in [0.717, 1.165) is 0 Å². The zero-order valence-electron chi connectivity index (χ0n) is 9.42. The Labute approximate surface area is 113 Å². The molecule has 0 fully saturated rings. The van der Waals surface area contributed by atoms with E-state index in [1.807, 2.05) is 0 Å². The van der Waals surface area contributed by atoms with Crippen LogP contribution in [0.4, 0.5) is 8.78 Å². The van der Waals surface area contributed by atoms with Gasteiger partial charge >= 0.3 is 11.9 Å². The van der Waals surface area contributed by atoms with Crippen LogP contribution < -0.4 is 5.73 Å². The highest BCUT2D eigenvalue weighted by molar-refractivity contribution is 6.33. The summed E-state index contributed by atoms with van der Waals surface area (Å²) in [5.74, 6) is -5.56. The number of carbonyl (C=O) groups excluding carboxylic acids is 1. The summed E-state index contributed by atoms with van der Waals surface area (Å²) >= 11 is 11.4. The molecule has 2 N–H and O–H groups in total. The first-order valence-electron chi connectivity index (χ1n) is 5.06. The maximum absolute atomic E-state index is 13.7. The van der Waals surface area contributed by atoms with Gasteiger partial charge in [0.2, 0.25) is 0 Å². The number of rotatable bonds is 4. The summed E-state index contributed by atoms with van der Waals surface area (Å²) in [6.07, 6.45) is 0. The van der Waals surface area contributed by atoms with Crippen LogP contribution in [-0.2, 0) is 9.53 Å². The summed E-state index contributed by atoms with van der Waals surface area (Å²) in [6, 6.07) is 2.05. The molecule has 1 aromatic carbocycles. The molecule has 0 heterocycles. The van der Waals surface area contributed by atoms with Crippen LogP contribution in [0.1, 0.15) is 18.5 Å². The van der Waals surface area contributed by atoms with Crippen LogP contribution in [0.25, 0.3) is 0 Å². The number of halogens is 4. The van der Waals surface area contributed by atoms with Crippen LogP contribution in [0, 0.1) is 0 Å². The molecule has 0 spiro atoms. The minimum atomic E-state index is -3.87. The molecule has 0 amide bonds. The lowest BCUT2D eigenvalue weighted by Gasteiger charge is -2.22. The molecule has 0 aliphatic rings. The third-order valence-electron chi connectivity index (χ3n) is 2.23. The fourth-order valence-electron chi connectivity index (χ4n) is 1.30. The van der Waals surface area contributed by atoms with Crippen LogP contribution in [0.3, 0.4) is 0 Å². The van der Waals surface area contributed by atoms with Crippen molar-refractivity contribution in [3.63, 3.8) is 0 Å². The first kappa shape index (κ1) is 15.1. The molecule has 100 valence electrons. The van der Waals surface area contributed by atoms with Gasteiger partial charge < -0.3 is 10.5 Å². The maximum atomic E-state index is 13.7. The fourth-order valence-corrected chi connectivity index (χ4v) is 1.72. The average Bonchev–Trinajstić information content (AvgIpc) is 2.31. The molecule has 0 unspecified atom stereocenters. The van der Waals surface area contributed by atoms with E-state index in [4.69, 9.17) is 28.9 Å². The van der Waals surface area contributed by atoms with Crippen molar-refractivity contribution >= 4 is 29.2 Å². The van der Waals surface area contributed by atoms with Gasteiger partial charge in [-0.2, -0.15) is 8.78 Å². The molecule has 0 radical (unpaired) electrons. The molecule has 0 saturated heterocycles. The van der Waals surface area contributed by atoms with Crippen molar-refractivity contribution < 1.29 is 18.3 Å². The van der Waals surface area contributed by atoms with Crippen molar-refractivity contribution in [3.8, 4) is 0 Å². The predicted octanol–water partition coefficient (Wildman–Crippen LogP) is 3.19. The molecule has 1 rings (SSSR count). The second-order valence-corrected chi connectivity index (χ2v) is 4.33. The Hall–Kier alpha value is -0.910. The Morgan fingerprint density at radius 2 is 2.11 bits per heavy atom. The highest BCUT2D eigenvalue weighted by atomic mass is 35.5. The summed E-state index contributed by atoms with van der Waals surface area (Å²) < 4.78 is 31.7. The van der Waals surface area contributed by atoms with Gasteiger partial charge in [0.1, 0.15) is 6.04 Å². The lowest BCUT2D eigenvalue weighted by Crippen LogP contribution is -2.41. The highest BCUT2D eigenvalue weighted by Crippen LogP contribution is 2.35. The molecule has 1 atom stereocenters. The molecule has 7 heteroatoms. The minimum absolute atomic E-state index is 0.0101. The second-order valence-electron chi connectivity index (χ2n) is 3.49. The Balaban J connectivity index is 3.08. The topological polar surface area (TPSA) is 52.3 Å². The summed E-state index contributed by atoms with van der Waals surface area (Å²) in [5.41, 5.74) is 5.27. The molecule has 18 heavy (non-hydrogen) atoms. The molecule has 0 saturated carbocycles. The maximum Gasteiger partial charge on any atom is 0.379 e.